The summed E-state index contributed by atoms with van der Waals surface area (Å²) in [4.78, 5) is 31.4. The molecule has 4 heterocycles. The second-order valence-corrected chi connectivity index (χ2v) is 8.44. The summed E-state index contributed by atoms with van der Waals surface area (Å²) in [7, 11) is 0. The van der Waals surface area contributed by atoms with Crippen LogP contribution >= 0.6 is 0 Å². The highest BCUT2D eigenvalue weighted by atomic mass is 16.1. The van der Waals surface area contributed by atoms with E-state index in [2.05, 4.69) is 43.8 Å². The molecular weight excluding hydrogens is 402 g/mol. The first-order chi connectivity index (χ1) is 15.5. The van der Waals surface area contributed by atoms with E-state index in [1.807, 2.05) is 36.0 Å². The zero-order chi connectivity index (χ0) is 22.2. The monoisotopic (exact) mass is 427 g/mol. The lowest BCUT2D eigenvalue weighted by molar-refractivity contribution is 0.112. The number of hydrogen-bond acceptors (Lipinski definition) is 7. The van der Waals surface area contributed by atoms with Crippen LogP contribution in [0.1, 0.15) is 39.6 Å². The molecule has 0 radical (unpaired) electrons. The zero-order valence-electron chi connectivity index (χ0n) is 18.5. The maximum Gasteiger partial charge on any atom is 0.252 e. The molecule has 4 aromatic rings. The molecule has 1 saturated heterocycles. The Morgan fingerprint density at radius 3 is 2.53 bits per heavy atom. The minimum Gasteiger partial charge on any atom is -0.369 e. The van der Waals surface area contributed by atoms with Crippen molar-refractivity contribution in [2.45, 2.75) is 33.6 Å². The summed E-state index contributed by atoms with van der Waals surface area (Å²) < 4.78 is 1.86. The lowest BCUT2D eigenvalue weighted by atomic mass is 9.96. The molecule has 0 bridgehead atoms. The summed E-state index contributed by atoms with van der Waals surface area (Å²) in [6.07, 6.45) is 6.70. The first-order valence-electron chi connectivity index (χ1n) is 10.8. The number of fused-ring (bicyclic) bond motifs is 1. The van der Waals surface area contributed by atoms with Crippen LogP contribution in [0.2, 0.25) is 0 Å². The summed E-state index contributed by atoms with van der Waals surface area (Å²) in [5, 5.41) is 4.49. The number of nitrogens with zero attached hydrogens (tertiary/aromatic N) is 7. The first kappa shape index (κ1) is 20.2. The third-order valence-electron chi connectivity index (χ3n) is 6.24. The second-order valence-electron chi connectivity index (χ2n) is 8.44. The van der Waals surface area contributed by atoms with Crippen LogP contribution in [-0.4, -0.2) is 48.9 Å². The third kappa shape index (κ3) is 3.72. The van der Waals surface area contributed by atoms with Crippen LogP contribution in [0.4, 0.5) is 5.69 Å². The van der Waals surface area contributed by atoms with E-state index >= 15 is 0 Å². The molecule has 162 valence electrons. The molecule has 1 atom stereocenters. The van der Waals surface area contributed by atoms with Crippen molar-refractivity contribution in [1.82, 2.24) is 29.5 Å². The molecule has 5 rings (SSSR count). The summed E-state index contributed by atoms with van der Waals surface area (Å²) in [5.41, 5.74) is 6.01. The largest absolute Gasteiger partial charge is 0.369 e. The second kappa shape index (κ2) is 8.11. The summed E-state index contributed by atoms with van der Waals surface area (Å²) in [5.74, 6) is 2.61. The van der Waals surface area contributed by atoms with Gasteiger partial charge in [0.2, 0.25) is 0 Å². The SMILES string of the molecule is Cc1nc2nc(C)c(CC3CCN(c4cnc(-c5ccc(C=O)cc5)nc4)C3)c(C)n2n1. The maximum atomic E-state index is 10.8. The molecule has 1 aliphatic heterocycles. The first-order valence-corrected chi connectivity index (χ1v) is 10.8. The average Bonchev–Trinajstić information content (AvgIpc) is 3.43. The fraction of sp³-hybridized carbons (Fsp3) is 0.333. The van der Waals surface area contributed by atoms with E-state index in [0.717, 1.165) is 60.7 Å². The molecule has 1 unspecified atom stereocenters. The molecule has 0 amide bonds. The van der Waals surface area contributed by atoms with E-state index in [-0.39, 0.29) is 0 Å². The van der Waals surface area contributed by atoms with Gasteiger partial charge in [0.05, 0.1) is 18.1 Å². The smallest absolute Gasteiger partial charge is 0.252 e. The number of rotatable bonds is 5. The van der Waals surface area contributed by atoms with Crippen molar-refractivity contribution in [2.24, 2.45) is 5.92 Å². The summed E-state index contributed by atoms with van der Waals surface area (Å²) in [6.45, 7) is 8.01. The van der Waals surface area contributed by atoms with Gasteiger partial charge in [0, 0.05) is 35.6 Å². The van der Waals surface area contributed by atoms with Crippen LogP contribution in [-0.2, 0) is 6.42 Å². The Morgan fingerprint density at radius 2 is 1.81 bits per heavy atom. The molecule has 0 N–H and O–H groups in total. The maximum absolute atomic E-state index is 10.8. The number of aryl methyl sites for hydroxylation is 3. The fourth-order valence-corrected chi connectivity index (χ4v) is 4.47. The summed E-state index contributed by atoms with van der Waals surface area (Å²) in [6, 6.07) is 7.30. The molecule has 8 heteroatoms. The number of carbonyl (C=O) groups is 1. The van der Waals surface area contributed by atoms with Crippen LogP contribution in [0.25, 0.3) is 17.2 Å². The van der Waals surface area contributed by atoms with Crippen molar-refractivity contribution in [2.75, 3.05) is 18.0 Å². The quantitative estimate of drug-likeness (QED) is 0.451. The summed E-state index contributed by atoms with van der Waals surface area (Å²) >= 11 is 0. The van der Waals surface area contributed by atoms with Crippen molar-refractivity contribution in [3.8, 4) is 11.4 Å². The normalized spacial score (nSPS) is 16.1. The lowest BCUT2D eigenvalue weighted by Crippen LogP contribution is -2.21. The van der Waals surface area contributed by atoms with Crippen molar-refractivity contribution >= 4 is 17.8 Å². The molecule has 32 heavy (non-hydrogen) atoms. The predicted octanol–water partition coefficient (Wildman–Crippen LogP) is 3.39. The van der Waals surface area contributed by atoms with Crippen molar-refractivity contribution < 1.29 is 4.79 Å². The highest BCUT2D eigenvalue weighted by molar-refractivity contribution is 5.76. The van der Waals surface area contributed by atoms with E-state index in [4.69, 9.17) is 0 Å². The Hall–Kier alpha value is -3.68. The number of carbonyl (C=O) groups excluding carboxylic acids is 1. The van der Waals surface area contributed by atoms with Crippen LogP contribution in [0, 0.1) is 26.7 Å². The predicted molar refractivity (Wildman–Crippen MR) is 122 cm³/mol. The zero-order valence-corrected chi connectivity index (χ0v) is 18.5. The van der Waals surface area contributed by atoms with E-state index in [0.29, 0.717) is 23.1 Å². The minimum absolute atomic E-state index is 0.534. The Bertz CT molecular complexity index is 1280. The van der Waals surface area contributed by atoms with Gasteiger partial charge >= 0.3 is 0 Å². The van der Waals surface area contributed by atoms with Gasteiger partial charge in [-0.15, -0.1) is 0 Å². The average molecular weight is 428 g/mol. The van der Waals surface area contributed by atoms with Gasteiger partial charge in [-0.05, 0) is 45.1 Å². The fourth-order valence-electron chi connectivity index (χ4n) is 4.47. The Kier molecular flexibility index (Phi) is 5.13. The van der Waals surface area contributed by atoms with E-state index in [1.54, 1.807) is 12.1 Å². The third-order valence-corrected chi connectivity index (χ3v) is 6.24. The standard InChI is InChI=1S/C24H25N7O/c1-15-22(16(2)31-24(27-15)28-17(3)29-31)10-19-8-9-30(13-19)21-11-25-23(26-12-21)20-6-4-18(14-32)5-7-20/h4-7,11-12,14,19H,8-10,13H2,1-3H3. The molecule has 0 spiro atoms. The van der Waals surface area contributed by atoms with Gasteiger partial charge in [-0.1, -0.05) is 24.3 Å². The van der Waals surface area contributed by atoms with Crippen molar-refractivity contribution in [1.29, 1.82) is 0 Å². The Balaban J connectivity index is 1.29. The van der Waals surface area contributed by atoms with Gasteiger partial charge in [0.25, 0.3) is 5.78 Å². The number of benzene rings is 1. The molecule has 8 nitrogen and oxygen atoms in total. The minimum atomic E-state index is 0.534. The van der Waals surface area contributed by atoms with E-state index in [1.165, 1.54) is 5.56 Å². The molecule has 1 fully saturated rings. The topological polar surface area (TPSA) is 89.2 Å². The van der Waals surface area contributed by atoms with Gasteiger partial charge < -0.3 is 4.90 Å². The molecule has 0 aliphatic carbocycles. The van der Waals surface area contributed by atoms with Gasteiger partial charge in [0.1, 0.15) is 12.1 Å². The van der Waals surface area contributed by atoms with Gasteiger partial charge in [-0.25, -0.2) is 19.5 Å². The number of anilines is 1. The van der Waals surface area contributed by atoms with Crippen LogP contribution < -0.4 is 4.90 Å². The van der Waals surface area contributed by atoms with E-state index in [9.17, 15) is 4.79 Å². The number of aromatic nitrogens is 6. The molecule has 1 aromatic carbocycles. The van der Waals surface area contributed by atoms with Crippen LogP contribution in [0.5, 0.6) is 0 Å². The van der Waals surface area contributed by atoms with Gasteiger partial charge in [-0.3, -0.25) is 4.79 Å². The molecular formula is C24H25N7O. The lowest BCUT2D eigenvalue weighted by Gasteiger charge is -2.19. The number of hydrogen-bond donors (Lipinski definition) is 0. The molecule has 0 saturated carbocycles. The highest BCUT2D eigenvalue weighted by Crippen LogP contribution is 2.28. The Morgan fingerprint density at radius 1 is 1.06 bits per heavy atom. The van der Waals surface area contributed by atoms with Crippen LogP contribution in [0.15, 0.2) is 36.7 Å². The van der Waals surface area contributed by atoms with Crippen molar-refractivity contribution in [3.05, 3.63) is 65.0 Å². The molecule has 3 aromatic heterocycles. The highest BCUT2D eigenvalue weighted by Gasteiger charge is 2.25. The Labute approximate surface area is 186 Å². The van der Waals surface area contributed by atoms with E-state index < -0.39 is 0 Å². The molecule has 1 aliphatic rings. The van der Waals surface area contributed by atoms with Gasteiger partial charge in [0.15, 0.2) is 5.82 Å². The van der Waals surface area contributed by atoms with Crippen molar-refractivity contribution in [3.63, 3.8) is 0 Å². The number of aldehydes is 1. The van der Waals surface area contributed by atoms with Gasteiger partial charge in [-0.2, -0.15) is 10.1 Å². The van der Waals surface area contributed by atoms with Crippen LogP contribution in [0.3, 0.4) is 0 Å².